The molecule has 0 aromatic rings. The fourth-order valence-corrected chi connectivity index (χ4v) is 5.33. The average molecular weight is 365 g/mol. The third-order valence-corrected chi connectivity index (χ3v) is 6.50. The van der Waals surface area contributed by atoms with Gasteiger partial charge in [-0.3, -0.25) is 0 Å². The highest BCUT2D eigenvalue weighted by Gasteiger charge is 2.63. The van der Waals surface area contributed by atoms with Gasteiger partial charge in [0.25, 0.3) is 0 Å². The first-order chi connectivity index (χ1) is 12.2. The number of rotatable bonds is 2. The van der Waals surface area contributed by atoms with E-state index in [0.717, 1.165) is 25.7 Å². The molecule has 7 nitrogen and oxygen atoms in total. The molecule has 0 radical (unpaired) electrons. The number of hydrogen-bond acceptors (Lipinski definition) is 7. The molecule has 0 unspecified atom stereocenters. The molecule has 144 valence electrons. The zero-order valence-electron chi connectivity index (χ0n) is 15.9. The number of nitrogens with zero attached hydrogens (tertiary/aromatic N) is 1. The summed E-state index contributed by atoms with van der Waals surface area (Å²) in [6, 6.07) is 2.55. The Bertz CT molecular complexity index is 614. The van der Waals surface area contributed by atoms with Crippen LogP contribution in [0.25, 0.3) is 0 Å². The van der Waals surface area contributed by atoms with Crippen molar-refractivity contribution in [3.63, 3.8) is 0 Å². The van der Waals surface area contributed by atoms with Crippen LogP contribution in [0.2, 0.25) is 0 Å². The van der Waals surface area contributed by atoms with Gasteiger partial charge in [0.1, 0.15) is 0 Å². The lowest BCUT2D eigenvalue weighted by Crippen LogP contribution is -2.53. The van der Waals surface area contributed by atoms with Crippen LogP contribution in [0.1, 0.15) is 52.4 Å². The van der Waals surface area contributed by atoms with Crippen molar-refractivity contribution in [2.45, 2.75) is 70.4 Å². The Morgan fingerprint density at radius 3 is 2.12 bits per heavy atom. The van der Waals surface area contributed by atoms with Crippen LogP contribution in [-0.4, -0.2) is 44.2 Å². The van der Waals surface area contributed by atoms with Gasteiger partial charge >= 0.3 is 11.9 Å². The van der Waals surface area contributed by atoms with Gasteiger partial charge < -0.3 is 18.9 Å². The molecular formula is C19H27NO6. The molecule has 0 bridgehead atoms. The molecule has 0 N–H and O–H groups in total. The minimum absolute atomic E-state index is 0.0672. The smallest absolute Gasteiger partial charge is 0.338 e. The third kappa shape index (κ3) is 2.89. The number of carbonyl (C=O) groups excluding carboxylic acids is 2. The minimum Gasteiger partial charge on any atom is -0.467 e. The van der Waals surface area contributed by atoms with Crippen LogP contribution in [0.15, 0.2) is 0 Å². The Morgan fingerprint density at radius 1 is 1.04 bits per heavy atom. The number of fused-ring (bicyclic) bond motifs is 1. The molecule has 1 heterocycles. The van der Waals surface area contributed by atoms with Crippen molar-refractivity contribution in [3.05, 3.63) is 0 Å². The summed E-state index contributed by atoms with van der Waals surface area (Å²) in [4.78, 5) is 24.2. The summed E-state index contributed by atoms with van der Waals surface area (Å²) in [7, 11) is 2.48. The quantitative estimate of drug-likeness (QED) is 0.693. The first-order valence-electron chi connectivity index (χ1n) is 9.15. The highest BCUT2D eigenvalue weighted by atomic mass is 16.8. The largest absolute Gasteiger partial charge is 0.467 e. The van der Waals surface area contributed by atoms with Gasteiger partial charge in [0.2, 0.25) is 0 Å². The monoisotopic (exact) mass is 365 g/mol. The van der Waals surface area contributed by atoms with Gasteiger partial charge in [0.15, 0.2) is 18.0 Å². The molecule has 26 heavy (non-hydrogen) atoms. The van der Waals surface area contributed by atoms with Crippen LogP contribution < -0.4 is 0 Å². The number of hydrogen-bond donors (Lipinski definition) is 0. The minimum atomic E-state index is -1.17. The van der Waals surface area contributed by atoms with Crippen LogP contribution >= 0.6 is 0 Å². The zero-order chi connectivity index (χ0) is 19.2. The van der Waals surface area contributed by atoms with Crippen molar-refractivity contribution in [2.24, 2.45) is 16.7 Å². The van der Waals surface area contributed by atoms with E-state index in [9.17, 15) is 14.9 Å². The number of nitriles is 1. The average Bonchev–Trinajstić information content (AvgIpc) is 2.98. The van der Waals surface area contributed by atoms with E-state index in [1.807, 2.05) is 0 Å². The number of carbonyl (C=O) groups is 2. The normalized spacial score (nSPS) is 37.4. The fraction of sp³-hybridized carbons (Fsp3) is 0.842. The van der Waals surface area contributed by atoms with Crippen molar-refractivity contribution in [3.8, 4) is 6.07 Å². The highest BCUT2D eigenvalue weighted by molar-refractivity contribution is 5.86. The first-order valence-corrected chi connectivity index (χ1v) is 9.15. The maximum Gasteiger partial charge on any atom is 0.338 e. The lowest BCUT2D eigenvalue weighted by atomic mass is 9.50. The Morgan fingerprint density at radius 2 is 1.62 bits per heavy atom. The summed E-state index contributed by atoms with van der Waals surface area (Å²) < 4.78 is 21.5. The molecule has 1 saturated heterocycles. The summed E-state index contributed by atoms with van der Waals surface area (Å²) in [5.74, 6) is -2.23. The van der Waals surface area contributed by atoms with Gasteiger partial charge in [-0.15, -0.1) is 0 Å². The summed E-state index contributed by atoms with van der Waals surface area (Å²) in [5, 5.41) is 10.1. The summed E-state index contributed by atoms with van der Waals surface area (Å²) in [6.07, 6.45) is 2.13. The van der Waals surface area contributed by atoms with Crippen LogP contribution in [0, 0.1) is 28.1 Å². The highest BCUT2D eigenvalue weighted by Crippen LogP contribution is 2.61. The van der Waals surface area contributed by atoms with Gasteiger partial charge in [0, 0.05) is 12.8 Å². The summed E-state index contributed by atoms with van der Waals surface area (Å²) in [5.41, 5.74) is -0.511. The van der Waals surface area contributed by atoms with Crippen molar-refractivity contribution < 1.29 is 28.5 Å². The van der Waals surface area contributed by atoms with E-state index >= 15 is 0 Å². The molecule has 3 rings (SSSR count). The van der Waals surface area contributed by atoms with Crippen LogP contribution in [0.4, 0.5) is 0 Å². The van der Waals surface area contributed by atoms with Crippen molar-refractivity contribution in [2.75, 3.05) is 14.2 Å². The molecule has 3 fully saturated rings. The third-order valence-electron chi connectivity index (χ3n) is 6.50. The first kappa shape index (κ1) is 19.1. The zero-order valence-corrected chi connectivity index (χ0v) is 15.9. The van der Waals surface area contributed by atoms with E-state index in [0.29, 0.717) is 12.8 Å². The second-order valence-electron chi connectivity index (χ2n) is 8.41. The van der Waals surface area contributed by atoms with Crippen molar-refractivity contribution in [1.29, 1.82) is 5.26 Å². The van der Waals surface area contributed by atoms with E-state index in [1.165, 1.54) is 14.2 Å². The molecular weight excluding hydrogens is 338 g/mol. The van der Waals surface area contributed by atoms with Crippen LogP contribution in [0.3, 0.4) is 0 Å². The predicted molar refractivity (Wildman–Crippen MR) is 89.5 cm³/mol. The van der Waals surface area contributed by atoms with Gasteiger partial charge in [-0.1, -0.05) is 20.3 Å². The Kier molecular flexibility index (Phi) is 4.78. The van der Waals surface area contributed by atoms with Crippen molar-refractivity contribution in [1.82, 2.24) is 0 Å². The van der Waals surface area contributed by atoms with Gasteiger partial charge in [-0.2, -0.15) is 5.26 Å². The molecule has 0 amide bonds. The Hall–Kier alpha value is -1.65. The number of esters is 2. The molecule has 4 atom stereocenters. The standard InChI is InChI=1S/C19H27NO6/c1-17(2)7-5-8-18(11-20)10-19(9-6-12(17)18)25-13(15(21)23-3)14(26-19)16(22)24-4/h12-14H,5-10H2,1-4H3/t12-,13+,14+,18+/m0/s1. The summed E-state index contributed by atoms with van der Waals surface area (Å²) in [6.45, 7) is 4.43. The Balaban J connectivity index is 1.91. The molecule has 0 aromatic carbocycles. The second kappa shape index (κ2) is 6.50. The van der Waals surface area contributed by atoms with E-state index in [-0.39, 0.29) is 11.3 Å². The molecule has 1 spiro atoms. The van der Waals surface area contributed by atoms with Crippen molar-refractivity contribution >= 4 is 11.9 Å². The van der Waals surface area contributed by atoms with Gasteiger partial charge in [0.05, 0.1) is 25.7 Å². The van der Waals surface area contributed by atoms with E-state index in [1.54, 1.807) is 0 Å². The molecule has 2 aliphatic carbocycles. The van der Waals surface area contributed by atoms with E-state index in [2.05, 4.69) is 19.9 Å². The molecule has 7 heteroatoms. The lowest BCUT2D eigenvalue weighted by Gasteiger charge is -2.55. The van der Waals surface area contributed by atoms with Crippen LogP contribution in [-0.2, 0) is 28.5 Å². The molecule has 0 aromatic heterocycles. The van der Waals surface area contributed by atoms with Crippen LogP contribution in [0.5, 0.6) is 0 Å². The fourth-order valence-electron chi connectivity index (χ4n) is 5.33. The Labute approximate surface area is 153 Å². The maximum absolute atomic E-state index is 12.1. The SMILES string of the molecule is COC(=O)[C@@H]1OC2(CC[C@H]3C(C)(C)CCC[C@]3(C#N)C2)O[C@H]1C(=O)OC. The van der Waals surface area contributed by atoms with Gasteiger partial charge in [-0.05, 0) is 30.6 Å². The lowest BCUT2D eigenvalue weighted by molar-refractivity contribution is -0.235. The topological polar surface area (TPSA) is 94.9 Å². The van der Waals surface area contributed by atoms with Gasteiger partial charge in [-0.25, -0.2) is 9.59 Å². The van der Waals surface area contributed by atoms with E-state index in [4.69, 9.17) is 18.9 Å². The molecule has 3 aliphatic rings. The van der Waals surface area contributed by atoms with E-state index < -0.39 is 35.3 Å². The molecule has 1 aliphatic heterocycles. The number of ether oxygens (including phenoxy) is 4. The maximum atomic E-state index is 12.1. The second-order valence-corrected chi connectivity index (χ2v) is 8.41. The number of methoxy groups -OCH3 is 2. The molecule has 2 saturated carbocycles. The predicted octanol–water partition coefficient (Wildman–Crippen LogP) is 2.33. The summed E-state index contributed by atoms with van der Waals surface area (Å²) >= 11 is 0.